The molecule has 2 N–H and O–H groups in total. The fourth-order valence-electron chi connectivity index (χ4n) is 3.02. The van der Waals surface area contributed by atoms with E-state index in [0.717, 1.165) is 22.9 Å². The lowest BCUT2D eigenvalue weighted by atomic mass is 9.92. The normalized spacial score (nSPS) is 24.1. The molecule has 5 heteroatoms. The number of likely N-dealkylation sites (tertiary alicyclic amines) is 1. The largest absolute Gasteiger partial charge is 0.329 e. The van der Waals surface area contributed by atoms with E-state index >= 15 is 0 Å². The smallest absolute Gasteiger partial charge is 0.223 e. The molecular formula is C16H22BrClN2O. The predicted molar refractivity (Wildman–Crippen MR) is 90.3 cm³/mol. The lowest BCUT2D eigenvalue weighted by Crippen LogP contribution is -2.51. The molecule has 0 aliphatic carbocycles. The zero-order chi connectivity index (χ0) is 15.8. The van der Waals surface area contributed by atoms with Gasteiger partial charge in [-0.25, -0.2) is 0 Å². The first-order valence-electron chi connectivity index (χ1n) is 7.24. The molecule has 1 aromatic rings. The Morgan fingerprint density at radius 3 is 2.62 bits per heavy atom. The van der Waals surface area contributed by atoms with Gasteiger partial charge in [0.15, 0.2) is 0 Å². The number of rotatable bonds is 1. The summed E-state index contributed by atoms with van der Waals surface area (Å²) in [6, 6.07) is 5.47. The number of carbonyl (C=O) groups excluding carboxylic acids is 1. The molecular weight excluding hydrogens is 352 g/mol. The topological polar surface area (TPSA) is 46.3 Å². The summed E-state index contributed by atoms with van der Waals surface area (Å²) in [5.41, 5.74) is 7.17. The minimum Gasteiger partial charge on any atom is -0.329 e. The summed E-state index contributed by atoms with van der Waals surface area (Å²) in [7, 11) is 0. The highest BCUT2D eigenvalue weighted by atomic mass is 79.9. The summed E-state index contributed by atoms with van der Waals surface area (Å²) in [6.07, 6.45) is 2.25. The average Bonchev–Trinajstić information content (AvgIpc) is 2.48. The van der Waals surface area contributed by atoms with Gasteiger partial charge < -0.3 is 10.6 Å². The lowest BCUT2D eigenvalue weighted by molar-refractivity contribution is -0.139. The number of hydrogen-bond donors (Lipinski definition) is 1. The Morgan fingerprint density at radius 2 is 2.05 bits per heavy atom. The highest BCUT2D eigenvalue weighted by molar-refractivity contribution is 9.10. The van der Waals surface area contributed by atoms with Crippen LogP contribution in [0.25, 0.3) is 0 Å². The Hall–Kier alpha value is -0.580. The van der Waals surface area contributed by atoms with Gasteiger partial charge >= 0.3 is 0 Å². The molecule has 1 saturated heterocycles. The summed E-state index contributed by atoms with van der Waals surface area (Å²) < 4.78 is 0.902. The molecule has 1 aliphatic heterocycles. The Kier molecular flexibility index (Phi) is 5.01. The average molecular weight is 374 g/mol. The molecule has 2 unspecified atom stereocenters. The van der Waals surface area contributed by atoms with Crippen LogP contribution in [0.2, 0.25) is 5.02 Å². The highest BCUT2D eigenvalue weighted by Gasteiger charge is 2.39. The van der Waals surface area contributed by atoms with Crippen LogP contribution in [0.1, 0.15) is 51.6 Å². The third-order valence-electron chi connectivity index (χ3n) is 3.88. The van der Waals surface area contributed by atoms with Crippen LogP contribution in [-0.2, 0) is 4.79 Å². The summed E-state index contributed by atoms with van der Waals surface area (Å²) in [5.74, 6) is 0.169. The van der Waals surface area contributed by atoms with E-state index in [-0.39, 0.29) is 23.5 Å². The van der Waals surface area contributed by atoms with E-state index in [4.69, 9.17) is 17.3 Å². The molecule has 0 aromatic heterocycles. The Balaban J connectivity index is 2.54. The van der Waals surface area contributed by atoms with E-state index in [1.165, 1.54) is 0 Å². The van der Waals surface area contributed by atoms with E-state index in [9.17, 15) is 4.79 Å². The molecule has 0 radical (unpaired) electrons. The van der Waals surface area contributed by atoms with E-state index < -0.39 is 0 Å². The molecule has 0 spiro atoms. The number of nitrogens with zero attached hydrogens (tertiary/aromatic N) is 1. The Labute approximate surface area is 140 Å². The van der Waals surface area contributed by atoms with Crippen molar-refractivity contribution in [2.75, 3.05) is 0 Å². The van der Waals surface area contributed by atoms with Crippen LogP contribution in [0.5, 0.6) is 0 Å². The molecule has 2 rings (SSSR count). The van der Waals surface area contributed by atoms with Crippen LogP contribution in [0.15, 0.2) is 22.7 Å². The molecule has 2 atom stereocenters. The van der Waals surface area contributed by atoms with Gasteiger partial charge in [0.05, 0.1) is 6.04 Å². The molecule has 1 aromatic carbocycles. The fourth-order valence-corrected chi connectivity index (χ4v) is 3.93. The molecule has 0 bridgehead atoms. The van der Waals surface area contributed by atoms with Crippen LogP contribution in [-0.4, -0.2) is 22.4 Å². The SMILES string of the molecule is CC(C)(C)N1C(=O)CCCC(N)C1c1ccc(Cl)cc1Br. The second-order valence-electron chi connectivity index (χ2n) is 6.60. The number of amides is 1. The van der Waals surface area contributed by atoms with Crippen LogP contribution < -0.4 is 5.73 Å². The van der Waals surface area contributed by atoms with Crippen LogP contribution >= 0.6 is 27.5 Å². The minimum atomic E-state index is -0.275. The molecule has 1 aliphatic rings. The van der Waals surface area contributed by atoms with Crippen molar-refractivity contribution < 1.29 is 4.79 Å². The molecule has 21 heavy (non-hydrogen) atoms. The van der Waals surface area contributed by atoms with E-state index in [0.29, 0.717) is 11.4 Å². The van der Waals surface area contributed by atoms with Gasteiger partial charge in [-0.05, 0) is 51.3 Å². The number of hydrogen-bond acceptors (Lipinski definition) is 2. The highest BCUT2D eigenvalue weighted by Crippen LogP contribution is 2.39. The van der Waals surface area contributed by atoms with Gasteiger partial charge in [-0.2, -0.15) is 0 Å². The number of nitrogens with two attached hydrogens (primary N) is 1. The van der Waals surface area contributed by atoms with Gasteiger partial charge in [0.25, 0.3) is 0 Å². The zero-order valence-corrected chi connectivity index (χ0v) is 15.0. The van der Waals surface area contributed by atoms with Crippen molar-refractivity contribution in [3.63, 3.8) is 0 Å². The van der Waals surface area contributed by atoms with Crippen molar-refractivity contribution in [3.8, 4) is 0 Å². The summed E-state index contributed by atoms with van der Waals surface area (Å²) in [5, 5.41) is 0.668. The quantitative estimate of drug-likeness (QED) is 0.798. The van der Waals surface area contributed by atoms with Gasteiger partial charge in [0, 0.05) is 27.5 Å². The van der Waals surface area contributed by atoms with Gasteiger partial charge in [-0.3, -0.25) is 4.79 Å². The molecule has 1 fully saturated rings. The van der Waals surface area contributed by atoms with Crippen molar-refractivity contribution in [1.29, 1.82) is 0 Å². The number of benzene rings is 1. The number of carbonyl (C=O) groups is 1. The lowest BCUT2D eigenvalue weighted by Gasteiger charge is -2.43. The maximum absolute atomic E-state index is 12.6. The van der Waals surface area contributed by atoms with Gasteiger partial charge in [0.2, 0.25) is 5.91 Å². The van der Waals surface area contributed by atoms with Crippen molar-refractivity contribution in [1.82, 2.24) is 4.90 Å². The maximum atomic E-state index is 12.6. The fraction of sp³-hybridized carbons (Fsp3) is 0.562. The third-order valence-corrected chi connectivity index (χ3v) is 4.81. The van der Waals surface area contributed by atoms with E-state index in [1.54, 1.807) is 0 Å². The van der Waals surface area contributed by atoms with Crippen molar-refractivity contribution in [3.05, 3.63) is 33.3 Å². The van der Waals surface area contributed by atoms with E-state index in [2.05, 4.69) is 36.7 Å². The summed E-state index contributed by atoms with van der Waals surface area (Å²) >= 11 is 9.61. The maximum Gasteiger partial charge on any atom is 0.223 e. The first kappa shape index (κ1) is 16.8. The molecule has 1 amide bonds. The van der Waals surface area contributed by atoms with Crippen molar-refractivity contribution in [2.24, 2.45) is 5.73 Å². The molecule has 116 valence electrons. The van der Waals surface area contributed by atoms with Crippen molar-refractivity contribution >= 4 is 33.4 Å². The molecule has 0 saturated carbocycles. The monoisotopic (exact) mass is 372 g/mol. The summed E-state index contributed by atoms with van der Waals surface area (Å²) in [4.78, 5) is 14.5. The molecule has 3 nitrogen and oxygen atoms in total. The first-order chi connectivity index (χ1) is 9.71. The van der Waals surface area contributed by atoms with E-state index in [1.807, 2.05) is 23.1 Å². The van der Waals surface area contributed by atoms with Gasteiger partial charge in [0.1, 0.15) is 0 Å². The Bertz CT molecular complexity index is 542. The molecule has 1 heterocycles. The van der Waals surface area contributed by atoms with Gasteiger partial charge in [-0.15, -0.1) is 0 Å². The van der Waals surface area contributed by atoms with Crippen molar-refractivity contribution in [2.45, 2.75) is 57.7 Å². The zero-order valence-electron chi connectivity index (χ0n) is 12.7. The first-order valence-corrected chi connectivity index (χ1v) is 8.41. The second kappa shape index (κ2) is 6.27. The van der Waals surface area contributed by atoms with Crippen LogP contribution in [0.3, 0.4) is 0 Å². The summed E-state index contributed by atoms with van der Waals surface area (Å²) in [6.45, 7) is 6.17. The van der Waals surface area contributed by atoms with Gasteiger partial charge in [-0.1, -0.05) is 33.6 Å². The standard InChI is InChI=1S/C16H22BrClN2O/c1-16(2,3)20-14(21)6-4-5-13(19)15(20)11-8-7-10(18)9-12(11)17/h7-9,13,15H,4-6,19H2,1-3H3. The van der Waals surface area contributed by atoms with Crippen LogP contribution in [0.4, 0.5) is 0 Å². The minimum absolute atomic E-state index is 0.0758. The third kappa shape index (κ3) is 3.61. The van der Waals surface area contributed by atoms with Crippen LogP contribution in [0, 0.1) is 0 Å². The predicted octanol–water partition coefficient (Wildman–Crippen LogP) is 4.28. The second-order valence-corrected chi connectivity index (χ2v) is 7.89. The number of halogens is 2. The Morgan fingerprint density at radius 1 is 1.38 bits per heavy atom.